The molecule has 0 aliphatic carbocycles. The van der Waals surface area contributed by atoms with Gasteiger partial charge in [-0.05, 0) is 38.9 Å². The fraction of sp³-hybridized carbons (Fsp3) is 0.571. The van der Waals surface area contributed by atoms with Crippen LogP contribution in [0.1, 0.15) is 24.0 Å². The van der Waals surface area contributed by atoms with E-state index in [0.29, 0.717) is 0 Å². The SMILES string of the molecule is Cc1ccc(C2(CO)CCCN(C)C2)cc1. The van der Waals surface area contributed by atoms with Gasteiger partial charge in [0, 0.05) is 12.0 Å². The highest BCUT2D eigenvalue weighted by atomic mass is 16.3. The van der Waals surface area contributed by atoms with Crippen molar-refractivity contribution in [3.8, 4) is 0 Å². The molecule has 1 fully saturated rings. The zero-order valence-electron chi connectivity index (χ0n) is 10.2. The number of likely N-dealkylation sites (tertiary alicyclic amines) is 1. The van der Waals surface area contributed by atoms with Gasteiger partial charge in [0.2, 0.25) is 0 Å². The minimum Gasteiger partial charge on any atom is -0.395 e. The third-order valence-corrected chi connectivity index (χ3v) is 3.73. The summed E-state index contributed by atoms with van der Waals surface area (Å²) in [5.74, 6) is 0. The number of nitrogens with zero attached hydrogens (tertiary/aromatic N) is 1. The van der Waals surface area contributed by atoms with Gasteiger partial charge in [-0.15, -0.1) is 0 Å². The second-order valence-corrected chi connectivity index (χ2v) is 5.15. The molecule has 0 amide bonds. The first kappa shape index (κ1) is 11.6. The average Bonchev–Trinajstić information content (AvgIpc) is 2.29. The lowest BCUT2D eigenvalue weighted by Crippen LogP contribution is -2.46. The summed E-state index contributed by atoms with van der Waals surface area (Å²) in [5, 5.41) is 9.76. The number of likely N-dealkylation sites (N-methyl/N-ethyl adjacent to an activating group) is 1. The van der Waals surface area contributed by atoms with Crippen molar-refractivity contribution in [1.29, 1.82) is 0 Å². The zero-order valence-corrected chi connectivity index (χ0v) is 10.2. The summed E-state index contributed by atoms with van der Waals surface area (Å²) in [7, 11) is 2.14. The summed E-state index contributed by atoms with van der Waals surface area (Å²) >= 11 is 0. The molecule has 0 spiro atoms. The van der Waals surface area contributed by atoms with E-state index in [-0.39, 0.29) is 12.0 Å². The number of rotatable bonds is 2. The van der Waals surface area contributed by atoms with Gasteiger partial charge in [0.25, 0.3) is 0 Å². The quantitative estimate of drug-likeness (QED) is 0.822. The molecule has 0 radical (unpaired) electrons. The van der Waals surface area contributed by atoms with Crippen LogP contribution in [0, 0.1) is 6.92 Å². The Hall–Kier alpha value is -0.860. The third kappa shape index (κ3) is 2.13. The molecule has 2 heteroatoms. The summed E-state index contributed by atoms with van der Waals surface area (Å²) < 4.78 is 0. The summed E-state index contributed by atoms with van der Waals surface area (Å²) in [5.41, 5.74) is 2.52. The van der Waals surface area contributed by atoms with Crippen LogP contribution in [0.25, 0.3) is 0 Å². The molecular formula is C14H21NO. The first-order chi connectivity index (χ1) is 7.66. The van der Waals surface area contributed by atoms with Crippen molar-refractivity contribution in [3.05, 3.63) is 35.4 Å². The van der Waals surface area contributed by atoms with Crippen molar-refractivity contribution in [2.24, 2.45) is 0 Å². The molecule has 0 bridgehead atoms. The molecule has 0 saturated carbocycles. The van der Waals surface area contributed by atoms with Crippen LogP contribution < -0.4 is 0 Å². The Morgan fingerprint density at radius 1 is 1.31 bits per heavy atom. The molecule has 2 rings (SSSR count). The van der Waals surface area contributed by atoms with E-state index in [0.717, 1.165) is 19.5 Å². The molecule has 0 aromatic heterocycles. The zero-order chi connectivity index (χ0) is 11.6. The van der Waals surface area contributed by atoms with Gasteiger partial charge in [0.15, 0.2) is 0 Å². The lowest BCUT2D eigenvalue weighted by atomic mass is 9.75. The molecule has 1 aliphatic heterocycles. The maximum Gasteiger partial charge on any atom is 0.0540 e. The first-order valence-electron chi connectivity index (χ1n) is 6.03. The fourth-order valence-electron chi connectivity index (χ4n) is 2.73. The summed E-state index contributed by atoms with van der Waals surface area (Å²) in [6.07, 6.45) is 2.27. The molecular weight excluding hydrogens is 198 g/mol. The number of benzene rings is 1. The second kappa shape index (κ2) is 4.56. The Labute approximate surface area is 97.9 Å². The topological polar surface area (TPSA) is 23.5 Å². The second-order valence-electron chi connectivity index (χ2n) is 5.15. The number of piperidine rings is 1. The van der Waals surface area contributed by atoms with Gasteiger partial charge in [0.05, 0.1) is 6.61 Å². The Morgan fingerprint density at radius 3 is 2.56 bits per heavy atom. The van der Waals surface area contributed by atoms with Crippen molar-refractivity contribution in [3.63, 3.8) is 0 Å². The van der Waals surface area contributed by atoms with Gasteiger partial charge < -0.3 is 10.0 Å². The highest BCUT2D eigenvalue weighted by Crippen LogP contribution is 2.33. The molecule has 88 valence electrons. The van der Waals surface area contributed by atoms with Gasteiger partial charge >= 0.3 is 0 Å². The number of aliphatic hydroxyl groups is 1. The van der Waals surface area contributed by atoms with Gasteiger partial charge in [-0.3, -0.25) is 0 Å². The van der Waals surface area contributed by atoms with Gasteiger partial charge in [-0.2, -0.15) is 0 Å². The van der Waals surface area contributed by atoms with Crippen LogP contribution >= 0.6 is 0 Å². The van der Waals surface area contributed by atoms with Gasteiger partial charge in [0.1, 0.15) is 0 Å². The standard InChI is InChI=1S/C14H21NO/c1-12-4-6-13(7-5-12)14(11-16)8-3-9-15(2)10-14/h4-7,16H,3,8-11H2,1-2H3. The van der Waals surface area contributed by atoms with Crippen LogP contribution in [0.5, 0.6) is 0 Å². The molecule has 1 aromatic rings. The fourth-order valence-corrected chi connectivity index (χ4v) is 2.73. The van der Waals surface area contributed by atoms with E-state index in [1.54, 1.807) is 0 Å². The van der Waals surface area contributed by atoms with Crippen LogP contribution in [0.15, 0.2) is 24.3 Å². The molecule has 1 aromatic carbocycles. The van der Waals surface area contributed by atoms with Crippen molar-refractivity contribution in [2.45, 2.75) is 25.2 Å². The van der Waals surface area contributed by atoms with E-state index in [9.17, 15) is 5.11 Å². The smallest absolute Gasteiger partial charge is 0.0540 e. The Balaban J connectivity index is 2.29. The van der Waals surface area contributed by atoms with Crippen molar-refractivity contribution < 1.29 is 5.11 Å². The van der Waals surface area contributed by atoms with E-state index < -0.39 is 0 Å². The highest BCUT2D eigenvalue weighted by molar-refractivity contribution is 5.30. The molecule has 1 aliphatic rings. The van der Waals surface area contributed by atoms with Crippen LogP contribution in [-0.4, -0.2) is 36.8 Å². The number of aliphatic hydroxyl groups excluding tert-OH is 1. The maximum atomic E-state index is 9.76. The Bertz CT molecular complexity index is 346. The molecule has 1 unspecified atom stereocenters. The van der Waals surface area contributed by atoms with E-state index in [1.165, 1.54) is 17.5 Å². The van der Waals surface area contributed by atoms with Crippen LogP contribution in [-0.2, 0) is 5.41 Å². The normalized spacial score (nSPS) is 26.9. The van der Waals surface area contributed by atoms with Crippen molar-refractivity contribution in [2.75, 3.05) is 26.7 Å². The molecule has 1 heterocycles. The van der Waals surface area contributed by atoms with Crippen LogP contribution in [0.2, 0.25) is 0 Å². The van der Waals surface area contributed by atoms with Crippen LogP contribution in [0.4, 0.5) is 0 Å². The summed E-state index contributed by atoms with van der Waals surface area (Å²) in [4.78, 5) is 2.32. The van der Waals surface area contributed by atoms with Gasteiger partial charge in [-0.25, -0.2) is 0 Å². The van der Waals surface area contributed by atoms with Crippen molar-refractivity contribution >= 4 is 0 Å². The van der Waals surface area contributed by atoms with E-state index >= 15 is 0 Å². The largest absolute Gasteiger partial charge is 0.395 e. The lowest BCUT2D eigenvalue weighted by molar-refractivity contribution is 0.105. The van der Waals surface area contributed by atoms with E-state index in [2.05, 4.69) is 43.1 Å². The molecule has 1 N–H and O–H groups in total. The van der Waals surface area contributed by atoms with Crippen LogP contribution in [0.3, 0.4) is 0 Å². The predicted molar refractivity (Wildman–Crippen MR) is 66.7 cm³/mol. The average molecular weight is 219 g/mol. The third-order valence-electron chi connectivity index (χ3n) is 3.73. The molecule has 2 nitrogen and oxygen atoms in total. The van der Waals surface area contributed by atoms with E-state index in [4.69, 9.17) is 0 Å². The monoisotopic (exact) mass is 219 g/mol. The number of hydrogen-bond donors (Lipinski definition) is 1. The number of hydrogen-bond acceptors (Lipinski definition) is 2. The van der Waals surface area contributed by atoms with Gasteiger partial charge in [-0.1, -0.05) is 29.8 Å². The predicted octanol–water partition coefficient (Wildman–Crippen LogP) is 1.95. The number of aryl methyl sites for hydroxylation is 1. The minimum atomic E-state index is -0.0410. The summed E-state index contributed by atoms with van der Waals surface area (Å²) in [6.45, 7) is 4.46. The minimum absolute atomic E-state index is 0.0410. The van der Waals surface area contributed by atoms with E-state index in [1.807, 2.05) is 0 Å². The lowest BCUT2D eigenvalue weighted by Gasteiger charge is -2.40. The Kier molecular flexibility index (Phi) is 3.31. The highest BCUT2D eigenvalue weighted by Gasteiger charge is 2.35. The molecule has 16 heavy (non-hydrogen) atoms. The Morgan fingerprint density at radius 2 is 2.00 bits per heavy atom. The summed E-state index contributed by atoms with van der Waals surface area (Å²) in [6, 6.07) is 8.62. The van der Waals surface area contributed by atoms with Crippen molar-refractivity contribution in [1.82, 2.24) is 4.90 Å². The molecule has 1 saturated heterocycles. The maximum absolute atomic E-state index is 9.76. The molecule has 1 atom stereocenters. The first-order valence-corrected chi connectivity index (χ1v) is 6.03.